The molecule has 2 fully saturated rings. The van der Waals surface area contributed by atoms with Crippen molar-refractivity contribution in [1.29, 1.82) is 0 Å². The van der Waals surface area contributed by atoms with Gasteiger partial charge in [-0.2, -0.15) is 0 Å². The lowest BCUT2D eigenvalue weighted by molar-refractivity contribution is 0.00578. The average molecular weight is 355 g/mol. The third-order valence-electron chi connectivity index (χ3n) is 5.90. The maximum Gasteiger partial charge on any atom is 0.525 e. The zero-order valence-electron chi connectivity index (χ0n) is 17.0. The predicted octanol–water partition coefficient (Wildman–Crippen LogP) is 3.59. The lowest BCUT2D eigenvalue weighted by Gasteiger charge is -2.35. The van der Waals surface area contributed by atoms with Crippen LogP contribution in [-0.4, -0.2) is 54.6 Å². The fourth-order valence-corrected chi connectivity index (χ4v) is 3.43. The fraction of sp³-hybridized carbons (Fsp3) is 0.895. The number of hydrogen-bond acceptors (Lipinski definition) is 4. The van der Waals surface area contributed by atoms with E-state index >= 15 is 4.39 Å². The molecule has 0 aromatic carbocycles. The second-order valence-electron chi connectivity index (χ2n) is 9.59. The zero-order valence-corrected chi connectivity index (χ0v) is 17.0. The van der Waals surface area contributed by atoms with Crippen LogP contribution in [0.5, 0.6) is 0 Å². The molecule has 0 radical (unpaired) electrons. The van der Waals surface area contributed by atoms with Crippen molar-refractivity contribution in [1.82, 2.24) is 4.90 Å². The molecule has 144 valence electrons. The van der Waals surface area contributed by atoms with Gasteiger partial charge in [0.05, 0.1) is 11.2 Å². The van der Waals surface area contributed by atoms with Crippen molar-refractivity contribution in [3.63, 3.8) is 0 Å². The van der Waals surface area contributed by atoms with Gasteiger partial charge in [-0.1, -0.05) is 20.8 Å². The minimum Gasteiger partial charge on any atom is -0.398 e. The van der Waals surface area contributed by atoms with Crippen LogP contribution in [0.2, 0.25) is 0 Å². The van der Waals surface area contributed by atoms with Crippen LogP contribution < -0.4 is 0 Å². The molecular weight excluding hydrogens is 320 g/mol. The first-order valence-corrected chi connectivity index (χ1v) is 9.45. The van der Waals surface area contributed by atoms with Gasteiger partial charge in [0.1, 0.15) is 5.73 Å². The van der Waals surface area contributed by atoms with Gasteiger partial charge < -0.3 is 14.4 Å². The van der Waals surface area contributed by atoms with Gasteiger partial charge in [0.15, 0.2) is 0 Å². The molecule has 1 N–H and O–H groups in total. The number of aliphatic hydroxyl groups excluding tert-OH is 1. The summed E-state index contributed by atoms with van der Waals surface area (Å²) in [5, 5.41) is 9.45. The number of hydrogen-bond donors (Lipinski definition) is 1. The third-order valence-corrected chi connectivity index (χ3v) is 5.90. The van der Waals surface area contributed by atoms with E-state index in [1.54, 1.807) is 0 Å². The lowest BCUT2D eigenvalue weighted by Crippen LogP contribution is -2.41. The van der Waals surface area contributed by atoms with E-state index in [9.17, 15) is 5.11 Å². The van der Waals surface area contributed by atoms with Crippen LogP contribution in [0.1, 0.15) is 61.3 Å². The molecule has 0 spiro atoms. The highest BCUT2D eigenvalue weighted by Gasteiger charge is 2.54. The van der Waals surface area contributed by atoms with Crippen molar-refractivity contribution >= 4 is 7.12 Å². The maximum atomic E-state index is 15.4. The monoisotopic (exact) mass is 355 g/mol. The highest BCUT2D eigenvalue weighted by molar-refractivity contribution is 6.53. The standard InChI is InChI=1S/C19H35BFNO3/c1-17(2,3)15(12-22-10-8-9-14(11-22)13-23)16(21)20-24-18(4,5)19(6,7)25-20/h14,23H,8-13H2,1-7H3. The Labute approximate surface area is 152 Å². The molecule has 1 atom stereocenters. The van der Waals surface area contributed by atoms with Crippen molar-refractivity contribution in [2.75, 3.05) is 26.2 Å². The van der Waals surface area contributed by atoms with E-state index in [0.717, 1.165) is 31.5 Å². The van der Waals surface area contributed by atoms with Crippen LogP contribution in [0.4, 0.5) is 4.39 Å². The molecule has 2 aliphatic heterocycles. The quantitative estimate of drug-likeness (QED) is 0.783. The number of nitrogens with zero attached hydrogens (tertiary/aromatic N) is 1. The van der Waals surface area contributed by atoms with Crippen molar-refractivity contribution in [2.45, 2.75) is 72.5 Å². The molecule has 0 aromatic rings. The summed E-state index contributed by atoms with van der Waals surface area (Å²) in [4.78, 5) is 2.25. The molecule has 0 bridgehead atoms. The van der Waals surface area contributed by atoms with Crippen molar-refractivity contribution in [2.24, 2.45) is 11.3 Å². The average Bonchev–Trinajstić information content (AvgIpc) is 2.71. The zero-order chi connectivity index (χ0) is 19.0. The molecule has 0 amide bonds. The van der Waals surface area contributed by atoms with E-state index < -0.39 is 18.3 Å². The summed E-state index contributed by atoms with van der Waals surface area (Å²) in [5.74, 6) is 0.287. The number of likely N-dealkylation sites (tertiary alicyclic amines) is 1. The van der Waals surface area contributed by atoms with Gasteiger partial charge in [0, 0.05) is 19.7 Å². The van der Waals surface area contributed by atoms with Crippen molar-refractivity contribution < 1.29 is 18.8 Å². The third kappa shape index (κ3) is 4.65. The molecule has 0 aromatic heterocycles. The molecule has 2 saturated heterocycles. The van der Waals surface area contributed by atoms with Crippen LogP contribution >= 0.6 is 0 Å². The Kier molecular flexibility index (Phi) is 6.10. The van der Waals surface area contributed by atoms with Gasteiger partial charge in [0.2, 0.25) is 0 Å². The first-order valence-electron chi connectivity index (χ1n) is 9.45. The molecule has 6 heteroatoms. The van der Waals surface area contributed by atoms with Crippen LogP contribution in [0.3, 0.4) is 0 Å². The van der Waals surface area contributed by atoms with Gasteiger partial charge in [-0.25, -0.2) is 4.39 Å². The summed E-state index contributed by atoms with van der Waals surface area (Å²) < 4.78 is 27.3. The molecule has 1 unspecified atom stereocenters. The Bertz CT molecular complexity index is 497. The lowest BCUT2D eigenvalue weighted by atomic mass is 9.75. The normalized spacial score (nSPS) is 28.2. The van der Waals surface area contributed by atoms with Gasteiger partial charge in [-0.05, 0) is 64.0 Å². The molecule has 2 rings (SSSR count). The Morgan fingerprint density at radius 3 is 2.24 bits per heavy atom. The summed E-state index contributed by atoms with van der Waals surface area (Å²) in [6.07, 6.45) is 2.09. The van der Waals surface area contributed by atoms with Gasteiger partial charge >= 0.3 is 7.12 Å². The Morgan fingerprint density at radius 2 is 1.76 bits per heavy atom. The van der Waals surface area contributed by atoms with E-state index in [1.165, 1.54) is 0 Å². The highest BCUT2D eigenvalue weighted by atomic mass is 19.1. The fourth-order valence-electron chi connectivity index (χ4n) is 3.43. The van der Waals surface area contributed by atoms with E-state index in [-0.39, 0.29) is 23.7 Å². The topological polar surface area (TPSA) is 41.9 Å². The molecule has 0 saturated carbocycles. The van der Waals surface area contributed by atoms with E-state index in [2.05, 4.69) is 4.90 Å². The SMILES string of the molecule is CC(C)(C)C(CN1CCCC(CO)C1)=C(F)B1OC(C)(C)C(C)(C)O1. The number of piperidine rings is 1. The molecule has 0 aliphatic carbocycles. The summed E-state index contributed by atoms with van der Waals surface area (Å²) >= 11 is 0. The Balaban J connectivity index is 2.23. The second kappa shape index (κ2) is 7.30. The van der Waals surface area contributed by atoms with E-state index in [0.29, 0.717) is 6.54 Å². The van der Waals surface area contributed by atoms with Gasteiger partial charge in [-0.3, -0.25) is 4.90 Å². The highest BCUT2D eigenvalue weighted by Crippen LogP contribution is 2.41. The number of aliphatic hydroxyl groups is 1. The smallest absolute Gasteiger partial charge is 0.398 e. The Morgan fingerprint density at radius 1 is 1.20 bits per heavy atom. The second-order valence-corrected chi connectivity index (χ2v) is 9.59. The van der Waals surface area contributed by atoms with Crippen LogP contribution in [0, 0.1) is 11.3 Å². The number of rotatable bonds is 4. The minimum absolute atomic E-state index is 0.199. The largest absolute Gasteiger partial charge is 0.525 e. The van der Waals surface area contributed by atoms with Crippen molar-refractivity contribution in [3.8, 4) is 0 Å². The van der Waals surface area contributed by atoms with E-state index in [4.69, 9.17) is 9.31 Å². The summed E-state index contributed by atoms with van der Waals surface area (Å²) in [6.45, 7) is 16.3. The first-order chi connectivity index (χ1) is 11.4. The molecule has 4 nitrogen and oxygen atoms in total. The maximum absolute atomic E-state index is 15.4. The van der Waals surface area contributed by atoms with Crippen molar-refractivity contribution in [3.05, 3.63) is 11.3 Å². The molecule has 25 heavy (non-hydrogen) atoms. The van der Waals surface area contributed by atoms with Crippen LogP contribution in [-0.2, 0) is 9.31 Å². The van der Waals surface area contributed by atoms with Crippen LogP contribution in [0.25, 0.3) is 0 Å². The summed E-state index contributed by atoms with van der Waals surface area (Å²) in [5.41, 5.74) is -0.988. The van der Waals surface area contributed by atoms with Gasteiger partial charge in [-0.15, -0.1) is 0 Å². The first kappa shape index (κ1) is 20.9. The van der Waals surface area contributed by atoms with Crippen LogP contribution in [0.15, 0.2) is 11.3 Å². The predicted molar refractivity (Wildman–Crippen MR) is 99.9 cm³/mol. The molecular formula is C19H35BFNO3. The summed E-state index contributed by atoms with van der Waals surface area (Å²) in [7, 11) is -0.947. The molecule has 2 aliphatic rings. The minimum atomic E-state index is -0.947. The van der Waals surface area contributed by atoms with Gasteiger partial charge in [0.25, 0.3) is 0 Å². The van der Waals surface area contributed by atoms with E-state index in [1.807, 2.05) is 48.5 Å². The summed E-state index contributed by atoms with van der Waals surface area (Å²) in [6, 6.07) is 0. The molecule has 2 heterocycles. The number of halogens is 1. The Hall–Kier alpha value is -0.425.